The normalized spacial score (nSPS) is 11.1. The molecule has 0 radical (unpaired) electrons. The molecule has 0 aliphatic heterocycles. The van der Waals surface area contributed by atoms with Gasteiger partial charge in [-0.2, -0.15) is 5.26 Å². The first kappa shape index (κ1) is 17.9. The van der Waals surface area contributed by atoms with Crippen molar-refractivity contribution in [2.24, 2.45) is 7.05 Å². The highest BCUT2D eigenvalue weighted by Gasteiger charge is 2.16. The quantitative estimate of drug-likeness (QED) is 0.469. The fraction of sp³-hybridized carbons (Fsp3) is 0.0800. The number of hydrogen-bond acceptors (Lipinski definition) is 3. The van der Waals surface area contributed by atoms with Crippen molar-refractivity contribution in [3.05, 3.63) is 89.7 Å². The van der Waals surface area contributed by atoms with Crippen LogP contribution < -0.4 is 5.62 Å². The predicted octanol–water partition coefficient (Wildman–Crippen LogP) is 4.84. The molecular weight excluding hydrogens is 370 g/mol. The molecule has 5 nitrogen and oxygen atoms in total. The summed E-state index contributed by atoms with van der Waals surface area (Å²) in [5.41, 5.74) is 7.64. The Balaban J connectivity index is 1.92. The molecule has 0 saturated carbocycles. The van der Waals surface area contributed by atoms with Gasteiger partial charge in [-0.1, -0.05) is 42.5 Å². The topological polar surface area (TPSA) is 70.4 Å². The molecule has 2 heterocycles. The fourth-order valence-electron chi connectivity index (χ4n) is 3.98. The van der Waals surface area contributed by atoms with Gasteiger partial charge in [0.05, 0.1) is 40.1 Å². The molecule has 2 aromatic heterocycles. The number of fused-ring (bicyclic) bond motifs is 3. The molecule has 0 atom stereocenters. The van der Waals surface area contributed by atoms with Crippen molar-refractivity contribution in [2.75, 3.05) is 0 Å². The van der Waals surface area contributed by atoms with Gasteiger partial charge in [-0.05, 0) is 47.9 Å². The van der Waals surface area contributed by atoms with Crippen molar-refractivity contribution in [3.8, 4) is 22.9 Å². The largest absolute Gasteiger partial charge is 0.312 e. The van der Waals surface area contributed by atoms with E-state index in [2.05, 4.69) is 35.3 Å². The van der Waals surface area contributed by atoms with Crippen LogP contribution in [0.1, 0.15) is 11.1 Å². The number of imidazole rings is 1. The molecule has 0 aliphatic carbocycles. The summed E-state index contributed by atoms with van der Waals surface area (Å²) in [6, 6.07) is 24.3. The zero-order valence-corrected chi connectivity index (χ0v) is 16.7. The van der Waals surface area contributed by atoms with E-state index in [0.29, 0.717) is 11.2 Å². The molecule has 0 amide bonds. The smallest absolute Gasteiger partial charge is 0.207 e. The Kier molecular flexibility index (Phi) is 4.00. The third-order valence-electron chi connectivity index (χ3n) is 5.62. The van der Waals surface area contributed by atoms with Crippen molar-refractivity contribution in [1.29, 1.82) is 10.7 Å². The molecule has 0 unspecified atom stereocenters. The Morgan fingerprint density at radius 3 is 2.53 bits per heavy atom. The lowest BCUT2D eigenvalue weighted by Crippen LogP contribution is -2.21. The highest BCUT2D eigenvalue weighted by atomic mass is 15.2. The zero-order chi connectivity index (χ0) is 20.8. The van der Waals surface area contributed by atoms with E-state index in [9.17, 15) is 5.26 Å². The van der Waals surface area contributed by atoms with Gasteiger partial charge >= 0.3 is 0 Å². The van der Waals surface area contributed by atoms with Crippen LogP contribution in [-0.4, -0.2) is 14.1 Å². The molecule has 1 N–H and O–H groups in total. The number of pyridine rings is 1. The lowest BCUT2D eigenvalue weighted by Gasteiger charge is -2.11. The van der Waals surface area contributed by atoms with Gasteiger partial charge in [-0.3, -0.25) is 15.0 Å². The van der Waals surface area contributed by atoms with Crippen molar-refractivity contribution in [1.82, 2.24) is 14.1 Å². The first-order valence-electron chi connectivity index (χ1n) is 9.70. The lowest BCUT2D eigenvalue weighted by molar-refractivity contribution is 0.786. The molecule has 3 aromatic carbocycles. The molecule has 0 spiro atoms. The minimum atomic E-state index is 0.336. The van der Waals surface area contributed by atoms with Crippen LogP contribution in [0, 0.1) is 23.7 Å². The second-order valence-corrected chi connectivity index (χ2v) is 7.42. The van der Waals surface area contributed by atoms with Crippen LogP contribution in [0.2, 0.25) is 0 Å². The fourth-order valence-corrected chi connectivity index (χ4v) is 3.98. The van der Waals surface area contributed by atoms with Crippen LogP contribution in [0.15, 0.2) is 72.9 Å². The minimum Gasteiger partial charge on any atom is -0.312 e. The number of benzene rings is 3. The first-order valence-corrected chi connectivity index (χ1v) is 9.70. The summed E-state index contributed by atoms with van der Waals surface area (Å²) in [5, 5.41) is 19.2. The first-order chi connectivity index (χ1) is 14.6. The molecule has 0 aliphatic rings. The van der Waals surface area contributed by atoms with Gasteiger partial charge in [0.1, 0.15) is 0 Å². The average molecular weight is 389 g/mol. The summed E-state index contributed by atoms with van der Waals surface area (Å²) in [5.74, 6) is 0. The minimum absolute atomic E-state index is 0.336. The van der Waals surface area contributed by atoms with E-state index in [1.165, 1.54) is 0 Å². The van der Waals surface area contributed by atoms with Crippen LogP contribution in [0.4, 0.5) is 0 Å². The summed E-state index contributed by atoms with van der Waals surface area (Å²) < 4.78 is 3.75. The Hall–Kier alpha value is -4.17. The van der Waals surface area contributed by atoms with Gasteiger partial charge in [0, 0.05) is 12.4 Å². The Bertz CT molecular complexity index is 1530. The Morgan fingerprint density at radius 1 is 0.967 bits per heavy atom. The van der Waals surface area contributed by atoms with Crippen molar-refractivity contribution in [2.45, 2.75) is 6.92 Å². The van der Waals surface area contributed by atoms with Crippen molar-refractivity contribution in [3.63, 3.8) is 0 Å². The summed E-state index contributed by atoms with van der Waals surface area (Å²) >= 11 is 0. The molecule has 5 rings (SSSR count). The molecule has 5 heteroatoms. The summed E-state index contributed by atoms with van der Waals surface area (Å²) in [4.78, 5) is 4.64. The summed E-state index contributed by atoms with van der Waals surface area (Å²) in [6.45, 7) is 2.00. The maximum atomic E-state index is 9.40. The van der Waals surface area contributed by atoms with Crippen LogP contribution >= 0.6 is 0 Å². The van der Waals surface area contributed by atoms with E-state index in [4.69, 9.17) is 5.41 Å². The average Bonchev–Trinajstić information content (AvgIpc) is 3.05. The third-order valence-corrected chi connectivity index (χ3v) is 5.62. The van der Waals surface area contributed by atoms with Crippen LogP contribution in [0.5, 0.6) is 0 Å². The summed E-state index contributed by atoms with van der Waals surface area (Å²) in [6.07, 6.45) is 1.82. The number of hydrogen-bond donors (Lipinski definition) is 1. The highest BCUT2D eigenvalue weighted by Crippen LogP contribution is 2.30. The third kappa shape index (κ3) is 2.62. The SMILES string of the molecule is Cc1ccc(C#N)cc1-n1c(=N)n(C)c2cnc3ccc(-c4ccccc4)cc3c21. The molecule has 30 heavy (non-hydrogen) atoms. The number of aromatic nitrogens is 3. The van der Waals surface area contributed by atoms with E-state index < -0.39 is 0 Å². The monoisotopic (exact) mass is 389 g/mol. The van der Waals surface area contributed by atoms with Gasteiger partial charge in [-0.15, -0.1) is 0 Å². The number of nitrogens with zero attached hydrogens (tertiary/aromatic N) is 4. The lowest BCUT2D eigenvalue weighted by atomic mass is 10.0. The van der Waals surface area contributed by atoms with Gasteiger partial charge in [0.25, 0.3) is 0 Å². The van der Waals surface area contributed by atoms with Crippen LogP contribution in [-0.2, 0) is 7.05 Å². The zero-order valence-electron chi connectivity index (χ0n) is 16.7. The molecule has 0 bridgehead atoms. The van der Waals surface area contributed by atoms with Crippen LogP contribution in [0.3, 0.4) is 0 Å². The van der Waals surface area contributed by atoms with Gasteiger partial charge in [-0.25, -0.2) is 0 Å². The molecule has 144 valence electrons. The number of aryl methyl sites for hydroxylation is 2. The number of nitriles is 1. The van der Waals surface area contributed by atoms with E-state index in [1.54, 1.807) is 6.07 Å². The Morgan fingerprint density at radius 2 is 1.77 bits per heavy atom. The highest BCUT2D eigenvalue weighted by molar-refractivity contribution is 6.04. The van der Waals surface area contributed by atoms with E-state index in [-0.39, 0.29) is 0 Å². The number of rotatable bonds is 2. The molecule has 0 saturated heterocycles. The van der Waals surface area contributed by atoms with Gasteiger partial charge < -0.3 is 4.57 Å². The maximum absolute atomic E-state index is 9.40. The van der Waals surface area contributed by atoms with Crippen molar-refractivity contribution < 1.29 is 0 Å². The second-order valence-electron chi connectivity index (χ2n) is 7.42. The molecule has 5 aromatic rings. The van der Waals surface area contributed by atoms with Gasteiger partial charge in [0.15, 0.2) is 0 Å². The molecular formula is C25H19N5. The summed E-state index contributed by atoms with van der Waals surface area (Å²) in [7, 11) is 1.87. The maximum Gasteiger partial charge on any atom is 0.207 e. The predicted molar refractivity (Wildman–Crippen MR) is 118 cm³/mol. The van der Waals surface area contributed by atoms with Gasteiger partial charge in [0.2, 0.25) is 5.62 Å². The molecule has 0 fully saturated rings. The van der Waals surface area contributed by atoms with E-state index in [1.807, 2.05) is 65.7 Å². The van der Waals surface area contributed by atoms with Crippen molar-refractivity contribution >= 4 is 21.9 Å². The Labute approximate surface area is 173 Å². The number of nitrogens with one attached hydrogen (secondary N) is 1. The van der Waals surface area contributed by atoms with Crippen LogP contribution in [0.25, 0.3) is 38.8 Å². The standard InChI is InChI=1S/C25H19N5/c1-16-8-9-17(14-26)12-22(16)30-24-20-13-19(18-6-4-3-5-7-18)10-11-21(20)28-15-23(24)29(2)25(30)27/h3-13,15,27H,1-2H3. The van der Waals surface area contributed by atoms with E-state index >= 15 is 0 Å². The van der Waals surface area contributed by atoms with E-state index in [0.717, 1.165) is 44.3 Å². The second kappa shape index (κ2) is 6.71.